The minimum atomic E-state index is -3.82. The maximum Gasteiger partial charge on any atom is 0.380 e. The van der Waals surface area contributed by atoms with Crippen molar-refractivity contribution in [2.24, 2.45) is 7.05 Å². The van der Waals surface area contributed by atoms with Gasteiger partial charge in [0.25, 0.3) is 0 Å². The molecule has 1 heterocycles. The van der Waals surface area contributed by atoms with E-state index in [9.17, 15) is 13.6 Å². The second-order valence-corrected chi connectivity index (χ2v) is 4.55. The molecule has 0 aliphatic rings. The highest BCUT2D eigenvalue weighted by molar-refractivity contribution is 9.10. The minimum Gasteiger partial charge on any atom is -0.291 e. The normalized spacial score (nSPS) is 11.9. The third-order valence-electron chi connectivity index (χ3n) is 2.15. The van der Waals surface area contributed by atoms with Gasteiger partial charge >= 0.3 is 5.38 Å². The van der Waals surface area contributed by atoms with Crippen LogP contribution in [0.15, 0.2) is 4.47 Å². The molecule has 0 saturated carbocycles. The van der Waals surface area contributed by atoms with Crippen LogP contribution in [-0.2, 0) is 24.7 Å². The molecule has 3 nitrogen and oxygen atoms in total. The first-order chi connectivity index (χ1) is 7.27. The van der Waals surface area contributed by atoms with E-state index in [1.165, 1.54) is 4.68 Å². The van der Waals surface area contributed by atoms with Gasteiger partial charge < -0.3 is 0 Å². The van der Waals surface area contributed by atoms with E-state index in [1.54, 1.807) is 7.05 Å². The first-order valence-electron chi connectivity index (χ1n) is 4.57. The third kappa shape index (κ3) is 2.79. The van der Waals surface area contributed by atoms with Crippen molar-refractivity contribution in [1.29, 1.82) is 0 Å². The lowest BCUT2D eigenvalue weighted by Crippen LogP contribution is -2.24. The Morgan fingerprint density at radius 3 is 2.56 bits per heavy atom. The van der Waals surface area contributed by atoms with Gasteiger partial charge in [0.1, 0.15) is 0 Å². The number of Topliss-reactive ketones (excluding diaryl/α,β-unsaturated/α-hetero) is 1. The van der Waals surface area contributed by atoms with Gasteiger partial charge in [-0.3, -0.25) is 9.48 Å². The fourth-order valence-corrected chi connectivity index (χ4v) is 2.09. The van der Waals surface area contributed by atoms with Crippen molar-refractivity contribution in [2.45, 2.75) is 25.1 Å². The third-order valence-corrected chi connectivity index (χ3v) is 3.27. The van der Waals surface area contributed by atoms with Gasteiger partial charge in [-0.05, 0) is 34.0 Å². The number of aromatic nitrogens is 2. The van der Waals surface area contributed by atoms with Gasteiger partial charge in [-0.2, -0.15) is 13.9 Å². The number of hydrogen-bond donors (Lipinski definition) is 0. The Hall–Kier alpha value is -0.490. The molecule has 0 amide bonds. The van der Waals surface area contributed by atoms with Crippen molar-refractivity contribution in [2.75, 3.05) is 0 Å². The van der Waals surface area contributed by atoms with E-state index in [4.69, 9.17) is 0 Å². The van der Waals surface area contributed by atoms with Crippen LogP contribution in [0.3, 0.4) is 0 Å². The van der Waals surface area contributed by atoms with Crippen LogP contribution < -0.4 is 0 Å². The SMILES string of the molecule is CCc1nn(C)c(CC(=O)C(F)(F)Cl)c1Br. The predicted molar refractivity (Wildman–Crippen MR) is 59.8 cm³/mol. The number of hydrogen-bond acceptors (Lipinski definition) is 2. The molecule has 7 heteroatoms. The maximum absolute atomic E-state index is 12.5. The van der Waals surface area contributed by atoms with Crippen LogP contribution in [0, 0.1) is 0 Å². The second kappa shape index (κ2) is 4.79. The Morgan fingerprint density at radius 1 is 1.62 bits per heavy atom. The van der Waals surface area contributed by atoms with Crippen molar-refractivity contribution in [1.82, 2.24) is 9.78 Å². The summed E-state index contributed by atoms with van der Waals surface area (Å²) in [5.41, 5.74) is 1.13. The molecule has 0 aromatic carbocycles. The Labute approximate surface area is 105 Å². The van der Waals surface area contributed by atoms with Gasteiger partial charge in [-0.15, -0.1) is 0 Å². The van der Waals surface area contributed by atoms with E-state index in [-0.39, 0.29) is 0 Å². The summed E-state index contributed by atoms with van der Waals surface area (Å²) in [6.07, 6.45) is 0.209. The number of rotatable bonds is 4. The lowest BCUT2D eigenvalue weighted by molar-refractivity contribution is -0.132. The minimum absolute atomic E-state index is 0.405. The molecule has 0 fully saturated rings. The highest BCUT2D eigenvalue weighted by Crippen LogP contribution is 2.26. The summed E-state index contributed by atoms with van der Waals surface area (Å²) in [5, 5.41) is 0.270. The number of carbonyl (C=O) groups is 1. The summed E-state index contributed by atoms with van der Waals surface area (Å²) in [7, 11) is 1.60. The molecule has 1 aromatic rings. The lowest BCUT2D eigenvalue weighted by atomic mass is 10.2. The van der Waals surface area contributed by atoms with Gasteiger partial charge in [0.05, 0.1) is 22.3 Å². The molecule has 0 radical (unpaired) electrons. The van der Waals surface area contributed by atoms with Crippen molar-refractivity contribution in [3.05, 3.63) is 15.9 Å². The monoisotopic (exact) mass is 314 g/mol. The molecule has 0 saturated heterocycles. The molecular formula is C9H10BrClF2N2O. The number of aryl methyl sites for hydroxylation is 2. The molecule has 0 aliphatic carbocycles. The van der Waals surface area contributed by atoms with Gasteiger partial charge in [-0.25, -0.2) is 0 Å². The van der Waals surface area contributed by atoms with Gasteiger partial charge in [0.15, 0.2) is 0 Å². The molecule has 0 aliphatic heterocycles. The maximum atomic E-state index is 12.5. The van der Waals surface area contributed by atoms with Crippen molar-refractivity contribution in [3.63, 3.8) is 0 Å². The molecule has 90 valence electrons. The van der Waals surface area contributed by atoms with Gasteiger partial charge in [0.2, 0.25) is 5.78 Å². The zero-order valence-corrected chi connectivity index (χ0v) is 11.1. The summed E-state index contributed by atoms with van der Waals surface area (Å²) in [5.74, 6) is -1.33. The molecular weight excluding hydrogens is 305 g/mol. The fourth-order valence-electron chi connectivity index (χ4n) is 1.26. The van der Waals surface area contributed by atoms with Gasteiger partial charge in [-0.1, -0.05) is 6.92 Å². The Balaban J connectivity index is 2.98. The summed E-state index contributed by atoms with van der Waals surface area (Å²) in [6.45, 7) is 1.88. The fraction of sp³-hybridized carbons (Fsp3) is 0.556. The van der Waals surface area contributed by atoms with Crippen LogP contribution in [-0.4, -0.2) is 20.9 Å². The zero-order chi connectivity index (χ0) is 12.5. The van der Waals surface area contributed by atoms with E-state index in [0.717, 1.165) is 5.69 Å². The molecule has 0 atom stereocenters. The summed E-state index contributed by atoms with van der Waals surface area (Å²) in [4.78, 5) is 11.1. The van der Waals surface area contributed by atoms with Crippen LogP contribution in [0.5, 0.6) is 0 Å². The van der Waals surface area contributed by atoms with E-state index in [2.05, 4.69) is 32.6 Å². The number of carbonyl (C=O) groups excluding carboxylic acids is 1. The molecule has 0 spiro atoms. The highest BCUT2D eigenvalue weighted by atomic mass is 79.9. The standard InChI is InChI=1S/C9H10BrClF2N2O/c1-3-5-8(10)6(15(2)14-5)4-7(16)9(11,12)13/h3-4H2,1-2H3. The number of ketones is 1. The summed E-state index contributed by atoms with van der Waals surface area (Å²) < 4.78 is 27.0. The number of alkyl halides is 3. The molecule has 0 unspecified atom stereocenters. The topological polar surface area (TPSA) is 34.9 Å². The smallest absolute Gasteiger partial charge is 0.291 e. The number of nitrogens with zero attached hydrogens (tertiary/aromatic N) is 2. The van der Waals surface area contributed by atoms with E-state index < -0.39 is 17.6 Å². The van der Waals surface area contributed by atoms with E-state index in [0.29, 0.717) is 16.6 Å². The van der Waals surface area contributed by atoms with Crippen molar-refractivity contribution >= 4 is 33.3 Å². The average molecular weight is 316 g/mol. The van der Waals surface area contributed by atoms with E-state index in [1.807, 2.05) is 6.92 Å². The van der Waals surface area contributed by atoms with Crippen LogP contribution >= 0.6 is 27.5 Å². The Morgan fingerprint density at radius 2 is 2.19 bits per heavy atom. The number of halogens is 4. The largest absolute Gasteiger partial charge is 0.380 e. The first-order valence-corrected chi connectivity index (χ1v) is 5.74. The van der Waals surface area contributed by atoms with E-state index >= 15 is 0 Å². The van der Waals surface area contributed by atoms with Gasteiger partial charge in [0, 0.05) is 7.05 Å². The quantitative estimate of drug-likeness (QED) is 0.801. The Bertz CT molecular complexity index is 414. The molecule has 1 aromatic heterocycles. The predicted octanol–water partition coefficient (Wildman–Crippen LogP) is 2.69. The van der Waals surface area contributed by atoms with Crippen LogP contribution in [0.4, 0.5) is 8.78 Å². The lowest BCUT2D eigenvalue weighted by Gasteiger charge is -2.06. The second-order valence-electron chi connectivity index (χ2n) is 3.28. The molecule has 16 heavy (non-hydrogen) atoms. The molecule has 0 N–H and O–H groups in total. The zero-order valence-electron chi connectivity index (χ0n) is 8.73. The van der Waals surface area contributed by atoms with Crippen molar-refractivity contribution in [3.8, 4) is 0 Å². The Kier molecular flexibility index (Phi) is 4.07. The van der Waals surface area contributed by atoms with Crippen LogP contribution in [0.2, 0.25) is 0 Å². The van der Waals surface area contributed by atoms with Crippen LogP contribution in [0.1, 0.15) is 18.3 Å². The molecule has 0 bridgehead atoms. The average Bonchev–Trinajstić information content (AvgIpc) is 2.43. The first kappa shape index (κ1) is 13.6. The summed E-state index contributed by atoms with van der Waals surface area (Å²) in [6, 6.07) is 0. The molecule has 1 rings (SSSR count). The summed E-state index contributed by atoms with van der Waals surface area (Å²) >= 11 is 7.88. The van der Waals surface area contributed by atoms with Crippen LogP contribution in [0.25, 0.3) is 0 Å². The van der Waals surface area contributed by atoms with Crippen molar-refractivity contribution < 1.29 is 13.6 Å². The highest BCUT2D eigenvalue weighted by Gasteiger charge is 2.36.